The van der Waals surface area contributed by atoms with Crippen molar-refractivity contribution in [2.75, 3.05) is 13.7 Å². The molecule has 0 saturated heterocycles. The monoisotopic (exact) mass is 276 g/mol. The maximum absolute atomic E-state index is 11.8. The van der Waals surface area contributed by atoms with Crippen molar-refractivity contribution in [3.05, 3.63) is 29.3 Å². The highest BCUT2D eigenvalue weighted by Gasteiger charge is 2.16. The molecule has 0 aliphatic heterocycles. The second kappa shape index (κ2) is 4.59. The fourth-order valence-corrected chi connectivity index (χ4v) is 3.07. The Kier molecular flexibility index (Phi) is 2.91. The summed E-state index contributed by atoms with van der Waals surface area (Å²) in [6.07, 6.45) is 1.62. The lowest BCUT2D eigenvalue weighted by Gasteiger charge is -2.00. The lowest BCUT2D eigenvalue weighted by molar-refractivity contribution is 0.0532. The molecule has 1 aromatic carbocycles. The topological polar surface area (TPSA) is 48.7 Å². The molecule has 2 aromatic heterocycles. The number of carbonyl (C=O) groups is 1. The molecule has 3 rings (SSSR count). The molecule has 5 heteroatoms. The van der Waals surface area contributed by atoms with Gasteiger partial charge in [-0.05, 0) is 19.1 Å². The highest BCUT2D eigenvalue weighted by Crippen LogP contribution is 2.38. The molecule has 0 saturated carbocycles. The number of esters is 1. The van der Waals surface area contributed by atoms with Crippen LogP contribution in [0.15, 0.2) is 28.9 Å². The SMILES string of the molecule is CCOC(=O)c1cc2c(cc(OC)c3occc32)s1. The van der Waals surface area contributed by atoms with E-state index in [-0.39, 0.29) is 5.97 Å². The van der Waals surface area contributed by atoms with Gasteiger partial charge >= 0.3 is 5.97 Å². The van der Waals surface area contributed by atoms with E-state index < -0.39 is 0 Å². The van der Waals surface area contributed by atoms with Gasteiger partial charge in [0, 0.05) is 21.5 Å². The quantitative estimate of drug-likeness (QED) is 0.682. The van der Waals surface area contributed by atoms with Crippen LogP contribution < -0.4 is 4.74 Å². The van der Waals surface area contributed by atoms with Crippen molar-refractivity contribution in [1.29, 1.82) is 0 Å². The Morgan fingerprint density at radius 3 is 2.95 bits per heavy atom. The van der Waals surface area contributed by atoms with Gasteiger partial charge in [0.1, 0.15) is 4.88 Å². The lowest BCUT2D eigenvalue weighted by Crippen LogP contribution is -2.01. The summed E-state index contributed by atoms with van der Waals surface area (Å²) in [7, 11) is 1.60. The van der Waals surface area contributed by atoms with Gasteiger partial charge in [-0.3, -0.25) is 0 Å². The van der Waals surface area contributed by atoms with Gasteiger partial charge in [-0.1, -0.05) is 0 Å². The number of hydrogen-bond donors (Lipinski definition) is 0. The van der Waals surface area contributed by atoms with E-state index in [1.54, 1.807) is 20.3 Å². The van der Waals surface area contributed by atoms with Crippen molar-refractivity contribution in [2.24, 2.45) is 0 Å². The van der Waals surface area contributed by atoms with Crippen LogP contribution in [-0.4, -0.2) is 19.7 Å². The zero-order valence-corrected chi connectivity index (χ0v) is 11.4. The predicted molar refractivity (Wildman–Crippen MR) is 74.1 cm³/mol. The Balaban J connectivity index is 2.24. The first-order chi connectivity index (χ1) is 9.24. The van der Waals surface area contributed by atoms with E-state index >= 15 is 0 Å². The van der Waals surface area contributed by atoms with Gasteiger partial charge in [-0.25, -0.2) is 4.79 Å². The summed E-state index contributed by atoms with van der Waals surface area (Å²) >= 11 is 1.40. The van der Waals surface area contributed by atoms with Gasteiger partial charge in [-0.2, -0.15) is 0 Å². The summed E-state index contributed by atoms with van der Waals surface area (Å²) < 4.78 is 16.7. The molecule has 2 heterocycles. The third kappa shape index (κ3) is 1.86. The minimum Gasteiger partial charge on any atom is -0.493 e. The van der Waals surface area contributed by atoms with Crippen LogP contribution in [0.1, 0.15) is 16.6 Å². The smallest absolute Gasteiger partial charge is 0.348 e. The van der Waals surface area contributed by atoms with Crippen molar-refractivity contribution >= 4 is 38.4 Å². The molecule has 4 nitrogen and oxygen atoms in total. The number of methoxy groups -OCH3 is 1. The number of hydrogen-bond acceptors (Lipinski definition) is 5. The average molecular weight is 276 g/mol. The molecule has 0 aliphatic carbocycles. The first-order valence-electron chi connectivity index (χ1n) is 5.89. The Labute approximate surface area is 113 Å². The maximum Gasteiger partial charge on any atom is 0.348 e. The summed E-state index contributed by atoms with van der Waals surface area (Å²) in [4.78, 5) is 12.4. The number of benzene rings is 1. The van der Waals surface area contributed by atoms with Gasteiger partial charge < -0.3 is 13.9 Å². The van der Waals surface area contributed by atoms with Crippen LogP contribution in [0, 0.1) is 0 Å². The molecule has 19 heavy (non-hydrogen) atoms. The van der Waals surface area contributed by atoms with Crippen molar-refractivity contribution in [1.82, 2.24) is 0 Å². The van der Waals surface area contributed by atoms with E-state index in [0.29, 0.717) is 22.8 Å². The molecule has 3 aromatic rings. The van der Waals surface area contributed by atoms with Crippen LogP contribution in [0.3, 0.4) is 0 Å². The number of rotatable bonds is 3. The van der Waals surface area contributed by atoms with E-state index in [0.717, 1.165) is 15.5 Å². The first kappa shape index (κ1) is 12.0. The second-order valence-electron chi connectivity index (χ2n) is 3.99. The molecule has 0 aliphatic rings. The van der Waals surface area contributed by atoms with Crippen LogP contribution >= 0.6 is 11.3 Å². The number of furan rings is 1. The molecule has 0 radical (unpaired) electrons. The Bertz CT molecular complexity index is 753. The van der Waals surface area contributed by atoms with Gasteiger partial charge in [0.25, 0.3) is 0 Å². The zero-order valence-electron chi connectivity index (χ0n) is 10.6. The molecule has 98 valence electrons. The van der Waals surface area contributed by atoms with Crippen LogP contribution in [0.4, 0.5) is 0 Å². The number of ether oxygens (including phenoxy) is 2. The minimum atomic E-state index is -0.292. The zero-order chi connectivity index (χ0) is 13.4. The molecule has 0 spiro atoms. The van der Waals surface area contributed by atoms with Crippen LogP contribution in [-0.2, 0) is 4.74 Å². The number of thiophene rings is 1. The van der Waals surface area contributed by atoms with Gasteiger partial charge in [0.2, 0.25) is 0 Å². The largest absolute Gasteiger partial charge is 0.493 e. The summed E-state index contributed by atoms with van der Waals surface area (Å²) in [5, 5.41) is 1.93. The van der Waals surface area contributed by atoms with E-state index in [1.165, 1.54) is 11.3 Å². The Morgan fingerprint density at radius 1 is 1.37 bits per heavy atom. The van der Waals surface area contributed by atoms with Crippen molar-refractivity contribution < 1.29 is 18.7 Å². The van der Waals surface area contributed by atoms with E-state index in [9.17, 15) is 4.79 Å². The van der Waals surface area contributed by atoms with Crippen molar-refractivity contribution in [2.45, 2.75) is 6.92 Å². The van der Waals surface area contributed by atoms with Gasteiger partial charge in [-0.15, -0.1) is 11.3 Å². The summed E-state index contributed by atoms with van der Waals surface area (Å²) in [5.74, 6) is 0.379. The Hall–Kier alpha value is -2.01. The fourth-order valence-electron chi connectivity index (χ4n) is 2.07. The highest BCUT2D eigenvalue weighted by atomic mass is 32.1. The number of carbonyl (C=O) groups excluding carboxylic acids is 1. The molecular weight excluding hydrogens is 264 g/mol. The van der Waals surface area contributed by atoms with E-state index in [4.69, 9.17) is 13.9 Å². The van der Waals surface area contributed by atoms with Crippen LogP contribution in [0.25, 0.3) is 21.1 Å². The predicted octanol–water partition coefficient (Wildman–Crippen LogP) is 3.83. The number of fused-ring (bicyclic) bond motifs is 3. The normalized spacial score (nSPS) is 11.1. The molecule has 0 amide bonds. The summed E-state index contributed by atoms with van der Waals surface area (Å²) in [6, 6.07) is 5.60. The summed E-state index contributed by atoms with van der Waals surface area (Å²) in [6.45, 7) is 2.17. The molecule has 0 bridgehead atoms. The first-order valence-corrected chi connectivity index (χ1v) is 6.71. The van der Waals surface area contributed by atoms with Crippen LogP contribution in [0.2, 0.25) is 0 Å². The third-order valence-corrected chi connectivity index (χ3v) is 3.96. The lowest BCUT2D eigenvalue weighted by atomic mass is 10.1. The highest BCUT2D eigenvalue weighted by molar-refractivity contribution is 7.21. The fraction of sp³-hybridized carbons (Fsp3) is 0.214. The average Bonchev–Trinajstić information content (AvgIpc) is 3.03. The molecule has 0 N–H and O–H groups in total. The molecular formula is C14H12O4S. The third-order valence-electron chi connectivity index (χ3n) is 2.90. The van der Waals surface area contributed by atoms with Crippen molar-refractivity contribution in [3.63, 3.8) is 0 Å². The maximum atomic E-state index is 11.8. The minimum absolute atomic E-state index is 0.292. The van der Waals surface area contributed by atoms with Gasteiger partial charge in [0.15, 0.2) is 11.3 Å². The molecule has 0 fully saturated rings. The summed E-state index contributed by atoms with van der Waals surface area (Å²) in [5.41, 5.74) is 0.697. The van der Waals surface area contributed by atoms with E-state index in [1.807, 2.05) is 18.2 Å². The van der Waals surface area contributed by atoms with Crippen molar-refractivity contribution in [3.8, 4) is 5.75 Å². The molecule has 0 atom stereocenters. The van der Waals surface area contributed by atoms with E-state index in [2.05, 4.69) is 0 Å². The van der Waals surface area contributed by atoms with Gasteiger partial charge in [0.05, 0.1) is 20.0 Å². The standard InChI is InChI=1S/C14H12O4S/c1-3-17-14(15)12-6-9-8-4-5-18-13(8)10(16-2)7-11(9)19-12/h4-7H,3H2,1-2H3. The molecule has 0 unspecified atom stereocenters. The Morgan fingerprint density at radius 2 is 2.21 bits per heavy atom. The van der Waals surface area contributed by atoms with Crippen LogP contribution in [0.5, 0.6) is 5.75 Å². The second-order valence-corrected chi connectivity index (χ2v) is 5.07.